The first-order chi connectivity index (χ1) is 18.2. The van der Waals surface area contributed by atoms with E-state index in [0.717, 1.165) is 51.7 Å². The van der Waals surface area contributed by atoms with Crippen LogP contribution in [0.5, 0.6) is 11.5 Å². The zero-order chi connectivity index (χ0) is 25.2. The van der Waals surface area contributed by atoms with Gasteiger partial charge in [0.25, 0.3) is 0 Å². The normalized spacial score (nSPS) is 13.4. The molecule has 37 heavy (non-hydrogen) atoms. The van der Waals surface area contributed by atoms with Gasteiger partial charge in [-0.2, -0.15) is 0 Å². The molecule has 0 saturated carbocycles. The van der Waals surface area contributed by atoms with Crippen molar-refractivity contribution in [2.75, 3.05) is 12.4 Å². The van der Waals surface area contributed by atoms with Crippen LogP contribution in [0, 0.1) is 0 Å². The molecular formula is C32H27NO3S. The van der Waals surface area contributed by atoms with Gasteiger partial charge in [-0.05, 0) is 96.6 Å². The Morgan fingerprint density at radius 3 is 2.70 bits per heavy atom. The lowest BCUT2D eigenvalue weighted by Gasteiger charge is -2.20. The topological polar surface area (TPSA) is 47.6 Å². The predicted molar refractivity (Wildman–Crippen MR) is 149 cm³/mol. The Bertz CT molecular complexity index is 1520. The van der Waals surface area contributed by atoms with Crippen molar-refractivity contribution >= 4 is 35.0 Å². The molecule has 0 unspecified atom stereocenters. The van der Waals surface area contributed by atoms with Crippen molar-refractivity contribution in [2.45, 2.75) is 35.7 Å². The number of aryl methyl sites for hydroxylation is 2. The molecule has 0 spiro atoms. The molecule has 0 amide bonds. The molecule has 5 heteroatoms. The lowest BCUT2D eigenvalue weighted by atomic mass is 10.1. The molecule has 0 aromatic heterocycles. The molecular weight excluding hydrogens is 478 g/mol. The third kappa shape index (κ3) is 5.00. The van der Waals surface area contributed by atoms with Crippen LogP contribution in [0.1, 0.15) is 39.0 Å². The molecule has 1 aliphatic heterocycles. The number of benzene rings is 4. The van der Waals surface area contributed by atoms with E-state index in [0.29, 0.717) is 12.2 Å². The Morgan fingerprint density at radius 1 is 0.919 bits per heavy atom. The summed E-state index contributed by atoms with van der Waals surface area (Å²) in [4.78, 5) is 15.3. The first-order valence-electron chi connectivity index (χ1n) is 12.5. The number of hydrogen-bond donors (Lipinski definition) is 1. The van der Waals surface area contributed by atoms with E-state index in [1.165, 1.54) is 22.4 Å². The number of para-hydroxylation sites is 1. The number of ether oxygens (including phenoxy) is 2. The third-order valence-electron chi connectivity index (χ3n) is 6.84. The fourth-order valence-corrected chi connectivity index (χ4v) is 5.84. The molecule has 4 aromatic carbocycles. The molecule has 4 nitrogen and oxygen atoms in total. The van der Waals surface area contributed by atoms with Gasteiger partial charge in [-0.25, -0.2) is 0 Å². The van der Waals surface area contributed by atoms with Gasteiger partial charge in [-0.1, -0.05) is 42.1 Å². The zero-order valence-corrected chi connectivity index (χ0v) is 21.4. The summed E-state index contributed by atoms with van der Waals surface area (Å²) in [6, 6.07) is 26.3. The lowest BCUT2D eigenvalue weighted by molar-refractivity contribution is 0.104. The van der Waals surface area contributed by atoms with Gasteiger partial charge in [0, 0.05) is 20.9 Å². The summed E-state index contributed by atoms with van der Waals surface area (Å²) < 4.78 is 11.7. The second-order valence-corrected chi connectivity index (χ2v) is 10.4. The second-order valence-electron chi connectivity index (χ2n) is 9.28. The average molecular weight is 506 g/mol. The van der Waals surface area contributed by atoms with Gasteiger partial charge in [0.2, 0.25) is 0 Å². The summed E-state index contributed by atoms with van der Waals surface area (Å²) in [6.45, 7) is 0.396. The van der Waals surface area contributed by atoms with E-state index < -0.39 is 0 Å². The first kappa shape index (κ1) is 23.4. The summed E-state index contributed by atoms with van der Waals surface area (Å²) in [6.07, 6.45) is 6.97. The molecule has 4 aromatic rings. The zero-order valence-electron chi connectivity index (χ0n) is 20.6. The lowest BCUT2D eigenvalue weighted by Crippen LogP contribution is -2.02. The third-order valence-corrected chi connectivity index (χ3v) is 7.99. The molecule has 0 atom stereocenters. The summed E-state index contributed by atoms with van der Waals surface area (Å²) >= 11 is 1.71. The average Bonchev–Trinajstić information content (AvgIpc) is 3.41. The Morgan fingerprint density at radius 2 is 1.78 bits per heavy atom. The van der Waals surface area contributed by atoms with Gasteiger partial charge >= 0.3 is 0 Å². The molecule has 2 aliphatic rings. The van der Waals surface area contributed by atoms with Crippen molar-refractivity contribution in [1.29, 1.82) is 0 Å². The maximum atomic E-state index is 13.0. The number of fused-ring (bicyclic) bond motifs is 3. The maximum absolute atomic E-state index is 13.0. The number of anilines is 2. The highest BCUT2D eigenvalue weighted by Crippen LogP contribution is 2.44. The number of nitrogens with one attached hydrogen (secondary N) is 1. The van der Waals surface area contributed by atoms with Gasteiger partial charge < -0.3 is 14.8 Å². The largest absolute Gasteiger partial charge is 0.496 e. The highest BCUT2D eigenvalue weighted by molar-refractivity contribution is 7.99. The van der Waals surface area contributed by atoms with Crippen LogP contribution in [0.3, 0.4) is 0 Å². The van der Waals surface area contributed by atoms with Crippen LogP contribution >= 0.6 is 11.8 Å². The fraction of sp³-hybridized carbons (Fsp3) is 0.156. The molecule has 1 heterocycles. The molecule has 0 saturated heterocycles. The Hall–Kier alpha value is -3.96. The molecule has 184 valence electrons. The van der Waals surface area contributed by atoms with Gasteiger partial charge in [0.05, 0.1) is 18.5 Å². The number of rotatable bonds is 7. The van der Waals surface area contributed by atoms with E-state index in [1.807, 2.05) is 60.7 Å². The van der Waals surface area contributed by atoms with Crippen molar-refractivity contribution in [1.82, 2.24) is 0 Å². The highest BCUT2D eigenvalue weighted by atomic mass is 32.2. The van der Waals surface area contributed by atoms with Crippen LogP contribution in [0.15, 0.2) is 94.7 Å². The summed E-state index contributed by atoms with van der Waals surface area (Å²) in [5, 5.41) is 3.45. The number of allylic oxidation sites excluding steroid dienone is 1. The highest BCUT2D eigenvalue weighted by Gasteiger charge is 2.17. The van der Waals surface area contributed by atoms with Crippen LogP contribution in [0.4, 0.5) is 11.4 Å². The Balaban J connectivity index is 1.16. The number of hydrogen-bond acceptors (Lipinski definition) is 5. The van der Waals surface area contributed by atoms with Crippen LogP contribution in [0.2, 0.25) is 0 Å². The van der Waals surface area contributed by atoms with E-state index in [2.05, 4.69) is 29.6 Å². The van der Waals surface area contributed by atoms with E-state index in [9.17, 15) is 4.79 Å². The molecule has 0 radical (unpaired) electrons. The second kappa shape index (κ2) is 10.2. The molecule has 6 rings (SSSR count). The minimum absolute atomic E-state index is 0.0415. The Kier molecular flexibility index (Phi) is 6.46. The number of ketones is 1. The molecule has 1 aliphatic carbocycles. The number of methoxy groups -OCH3 is 1. The van der Waals surface area contributed by atoms with Crippen molar-refractivity contribution < 1.29 is 14.3 Å². The van der Waals surface area contributed by atoms with Crippen LogP contribution in [-0.2, 0) is 19.4 Å². The van der Waals surface area contributed by atoms with E-state index in [1.54, 1.807) is 24.9 Å². The summed E-state index contributed by atoms with van der Waals surface area (Å²) in [7, 11) is 1.66. The fourth-order valence-electron chi connectivity index (χ4n) is 4.87. The van der Waals surface area contributed by atoms with E-state index in [4.69, 9.17) is 9.47 Å². The standard InChI is InChI=1S/C32H27NO3S/c1-35-30-15-10-21(17-25(30)20-36-26-13-11-22-5-4-6-23(22)18-26)9-14-29(34)24-12-16-32-28(19-24)33-27-7-2-3-8-31(27)37-32/h2-3,7-19,33H,4-6,20H2,1H3/b14-9+. The van der Waals surface area contributed by atoms with Gasteiger partial charge in [0.15, 0.2) is 5.78 Å². The van der Waals surface area contributed by atoms with Gasteiger partial charge in [0.1, 0.15) is 18.1 Å². The van der Waals surface area contributed by atoms with Crippen molar-refractivity contribution in [3.05, 3.63) is 113 Å². The number of carbonyl (C=O) groups is 1. The van der Waals surface area contributed by atoms with Gasteiger partial charge in [-0.15, -0.1) is 0 Å². The molecule has 0 bridgehead atoms. The predicted octanol–water partition coefficient (Wildman–Crippen LogP) is 7.87. The quantitative estimate of drug-likeness (QED) is 0.180. The van der Waals surface area contributed by atoms with E-state index >= 15 is 0 Å². The first-order valence-corrected chi connectivity index (χ1v) is 13.3. The van der Waals surface area contributed by atoms with Crippen molar-refractivity contribution in [3.8, 4) is 11.5 Å². The van der Waals surface area contributed by atoms with Crippen molar-refractivity contribution in [2.24, 2.45) is 0 Å². The molecule has 0 fully saturated rings. The Labute approximate surface area is 221 Å². The monoisotopic (exact) mass is 505 g/mol. The summed E-state index contributed by atoms with van der Waals surface area (Å²) in [5.74, 6) is 1.60. The maximum Gasteiger partial charge on any atom is 0.185 e. The summed E-state index contributed by atoms with van der Waals surface area (Å²) in [5.41, 5.74) is 7.34. The van der Waals surface area contributed by atoms with Crippen LogP contribution in [-0.4, -0.2) is 12.9 Å². The van der Waals surface area contributed by atoms with E-state index in [-0.39, 0.29) is 5.78 Å². The molecule has 1 N–H and O–H groups in total. The van der Waals surface area contributed by atoms with Gasteiger partial charge in [-0.3, -0.25) is 4.79 Å². The van der Waals surface area contributed by atoms with Crippen LogP contribution < -0.4 is 14.8 Å². The van der Waals surface area contributed by atoms with Crippen molar-refractivity contribution in [3.63, 3.8) is 0 Å². The number of carbonyl (C=O) groups excluding carboxylic acids is 1. The minimum atomic E-state index is -0.0415. The minimum Gasteiger partial charge on any atom is -0.496 e. The van der Waals surface area contributed by atoms with Crippen LogP contribution in [0.25, 0.3) is 6.08 Å². The smallest absolute Gasteiger partial charge is 0.185 e. The SMILES string of the molecule is COc1ccc(/C=C/C(=O)c2ccc3c(c2)Nc2ccccc2S3)cc1COc1ccc2c(c1)CCC2.